The van der Waals surface area contributed by atoms with E-state index in [0.717, 1.165) is 0 Å². The molecule has 0 fully saturated rings. The summed E-state index contributed by atoms with van der Waals surface area (Å²) in [6.45, 7) is 2.25. The predicted octanol–water partition coefficient (Wildman–Crippen LogP) is 2.19. The van der Waals surface area contributed by atoms with Gasteiger partial charge in [-0.15, -0.1) is 0 Å². The normalized spacial score (nSPS) is 26.9. The van der Waals surface area contributed by atoms with Gasteiger partial charge in [-0.25, -0.2) is 0 Å². The van der Waals surface area contributed by atoms with E-state index in [-0.39, 0.29) is 0 Å². The van der Waals surface area contributed by atoms with E-state index in [1.54, 1.807) is 0 Å². The van der Waals surface area contributed by atoms with Crippen LogP contribution in [0.15, 0.2) is 11.5 Å². The standard InChI is InChI=1S/C6H11S2/c1-2-5-8-6-3-4-7-8/h3,6H,2,4-5H2,1H3/q+1. The lowest BCUT2D eigenvalue weighted by Gasteiger charge is -1.88. The molecule has 1 rings (SSSR count). The third-order valence-electron chi connectivity index (χ3n) is 0.969. The molecule has 0 saturated heterocycles. The van der Waals surface area contributed by atoms with Gasteiger partial charge in [-0.2, -0.15) is 0 Å². The van der Waals surface area contributed by atoms with Gasteiger partial charge >= 0.3 is 0 Å². The Labute approximate surface area is 57.5 Å². The smallest absolute Gasteiger partial charge is 0.0609 e. The molecule has 2 heteroatoms. The Bertz CT molecular complexity index is 88.5. The molecule has 0 spiro atoms. The van der Waals surface area contributed by atoms with Crippen molar-refractivity contribution in [3.8, 4) is 0 Å². The highest BCUT2D eigenvalue weighted by Gasteiger charge is 2.18. The highest BCUT2D eigenvalue weighted by atomic mass is 33.1. The van der Waals surface area contributed by atoms with Crippen molar-refractivity contribution < 1.29 is 0 Å². The van der Waals surface area contributed by atoms with Gasteiger partial charge in [0.05, 0.1) is 15.7 Å². The maximum absolute atomic E-state index is 2.36. The highest BCUT2D eigenvalue weighted by molar-refractivity contribution is 8.75. The molecule has 1 unspecified atom stereocenters. The van der Waals surface area contributed by atoms with Crippen LogP contribution in [0, 0.1) is 0 Å². The fraction of sp³-hybridized carbons (Fsp3) is 0.667. The second-order valence-electron chi connectivity index (χ2n) is 1.74. The lowest BCUT2D eigenvalue weighted by molar-refractivity contribution is 1.11. The first kappa shape index (κ1) is 6.56. The van der Waals surface area contributed by atoms with Crippen molar-refractivity contribution in [2.24, 2.45) is 0 Å². The van der Waals surface area contributed by atoms with Crippen LogP contribution in [0.25, 0.3) is 0 Å². The summed E-state index contributed by atoms with van der Waals surface area (Å²) in [5.41, 5.74) is 0. The first-order valence-corrected chi connectivity index (χ1v) is 5.89. The lowest BCUT2D eigenvalue weighted by atomic mass is 10.6. The van der Waals surface area contributed by atoms with Crippen molar-refractivity contribution in [3.05, 3.63) is 11.5 Å². The van der Waals surface area contributed by atoms with Gasteiger partial charge in [-0.05, 0) is 12.5 Å². The molecule has 0 aromatic heterocycles. The second kappa shape index (κ2) is 3.46. The summed E-state index contributed by atoms with van der Waals surface area (Å²) in [4.78, 5) is 0. The SMILES string of the molecule is CCC[S+]1C=CCS1. The molecule has 1 aliphatic heterocycles. The Morgan fingerprint density at radius 2 is 2.62 bits per heavy atom. The molecule has 1 atom stereocenters. The molecular weight excluding hydrogens is 136 g/mol. The van der Waals surface area contributed by atoms with Crippen molar-refractivity contribution in [2.75, 3.05) is 11.5 Å². The van der Waals surface area contributed by atoms with Crippen LogP contribution in [0.5, 0.6) is 0 Å². The Kier molecular flexibility index (Phi) is 2.84. The summed E-state index contributed by atoms with van der Waals surface area (Å²) in [7, 11) is 2.69. The quantitative estimate of drug-likeness (QED) is 0.426. The van der Waals surface area contributed by atoms with E-state index >= 15 is 0 Å². The third kappa shape index (κ3) is 1.75. The molecule has 0 N–H and O–H groups in total. The molecule has 0 nitrogen and oxygen atoms in total. The van der Waals surface area contributed by atoms with E-state index in [1.807, 2.05) is 0 Å². The Morgan fingerprint density at radius 1 is 1.75 bits per heavy atom. The van der Waals surface area contributed by atoms with E-state index < -0.39 is 0 Å². The zero-order chi connectivity index (χ0) is 5.82. The molecule has 0 bridgehead atoms. The first-order chi connectivity index (χ1) is 3.93. The van der Waals surface area contributed by atoms with Crippen molar-refractivity contribution in [3.63, 3.8) is 0 Å². The Balaban J connectivity index is 2.16. The average Bonchev–Trinajstić information content (AvgIpc) is 2.19. The van der Waals surface area contributed by atoms with Gasteiger partial charge in [0.2, 0.25) is 0 Å². The average molecular weight is 147 g/mol. The molecule has 0 amide bonds. The number of rotatable bonds is 2. The molecule has 0 aromatic rings. The van der Waals surface area contributed by atoms with Crippen molar-refractivity contribution in [1.82, 2.24) is 0 Å². The van der Waals surface area contributed by atoms with Crippen molar-refractivity contribution in [1.29, 1.82) is 0 Å². The summed E-state index contributed by atoms with van der Waals surface area (Å²) in [6, 6.07) is 0. The molecule has 0 aliphatic carbocycles. The van der Waals surface area contributed by atoms with E-state index in [0.29, 0.717) is 9.93 Å². The molecule has 1 heterocycles. The van der Waals surface area contributed by atoms with Gasteiger partial charge < -0.3 is 0 Å². The van der Waals surface area contributed by atoms with Crippen LogP contribution in [0.2, 0.25) is 0 Å². The van der Waals surface area contributed by atoms with E-state index in [2.05, 4.69) is 29.2 Å². The number of hydrogen-bond acceptors (Lipinski definition) is 1. The van der Waals surface area contributed by atoms with E-state index in [4.69, 9.17) is 0 Å². The van der Waals surface area contributed by atoms with Gasteiger partial charge in [0.1, 0.15) is 22.0 Å². The molecule has 8 heavy (non-hydrogen) atoms. The lowest BCUT2D eigenvalue weighted by Crippen LogP contribution is -1.92. The van der Waals surface area contributed by atoms with Gasteiger partial charge in [0.25, 0.3) is 0 Å². The summed E-state index contributed by atoms with van der Waals surface area (Å²) in [6.07, 6.45) is 3.61. The summed E-state index contributed by atoms with van der Waals surface area (Å²) in [5, 5.41) is 2.36. The topological polar surface area (TPSA) is 0 Å². The maximum Gasteiger partial charge on any atom is 0.129 e. The zero-order valence-electron chi connectivity index (χ0n) is 5.09. The fourth-order valence-electron chi connectivity index (χ4n) is 0.641. The third-order valence-corrected chi connectivity index (χ3v) is 5.06. The largest absolute Gasteiger partial charge is 0.129 e. The van der Waals surface area contributed by atoms with Crippen LogP contribution in [-0.2, 0) is 9.93 Å². The molecular formula is C6H11S2+. The molecule has 0 radical (unpaired) electrons. The summed E-state index contributed by atoms with van der Waals surface area (Å²) in [5.74, 6) is 2.64. The van der Waals surface area contributed by atoms with Crippen LogP contribution in [-0.4, -0.2) is 11.5 Å². The van der Waals surface area contributed by atoms with Crippen LogP contribution >= 0.6 is 10.8 Å². The van der Waals surface area contributed by atoms with Crippen LogP contribution < -0.4 is 0 Å². The fourth-order valence-corrected chi connectivity index (χ4v) is 4.24. The maximum atomic E-state index is 2.36. The van der Waals surface area contributed by atoms with Crippen LogP contribution in [0.1, 0.15) is 13.3 Å². The van der Waals surface area contributed by atoms with Gasteiger partial charge in [-0.1, -0.05) is 6.92 Å². The minimum Gasteiger partial charge on any atom is -0.0609 e. The summed E-state index contributed by atoms with van der Waals surface area (Å²) < 4.78 is 0. The van der Waals surface area contributed by atoms with Gasteiger partial charge in [-0.3, -0.25) is 0 Å². The molecule has 0 aromatic carbocycles. The monoisotopic (exact) mass is 147 g/mol. The van der Waals surface area contributed by atoms with Crippen molar-refractivity contribution in [2.45, 2.75) is 13.3 Å². The molecule has 0 saturated carbocycles. The Morgan fingerprint density at radius 3 is 3.12 bits per heavy atom. The van der Waals surface area contributed by atoms with E-state index in [9.17, 15) is 0 Å². The van der Waals surface area contributed by atoms with Gasteiger partial charge in [0.15, 0.2) is 0 Å². The Hall–Kier alpha value is 0.440. The first-order valence-electron chi connectivity index (χ1n) is 2.93. The minimum atomic E-state index is 0.609. The van der Waals surface area contributed by atoms with E-state index in [1.165, 1.54) is 17.9 Å². The second-order valence-corrected chi connectivity index (χ2v) is 5.74. The predicted molar refractivity (Wildman–Crippen MR) is 44.1 cm³/mol. The molecule has 1 aliphatic rings. The molecule has 46 valence electrons. The summed E-state index contributed by atoms with van der Waals surface area (Å²) >= 11 is 0. The highest BCUT2D eigenvalue weighted by Crippen LogP contribution is 2.24. The zero-order valence-corrected chi connectivity index (χ0v) is 6.73. The number of hydrogen-bond donors (Lipinski definition) is 0. The van der Waals surface area contributed by atoms with Gasteiger partial charge in [0, 0.05) is 0 Å². The van der Waals surface area contributed by atoms with Crippen LogP contribution in [0.3, 0.4) is 0 Å². The van der Waals surface area contributed by atoms with Crippen molar-refractivity contribution >= 4 is 20.7 Å². The van der Waals surface area contributed by atoms with Crippen LogP contribution in [0.4, 0.5) is 0 Å². The minimum absolute atomic E-state index is 0.609.